The van der Waals surface area contributed by atoms with Crippen LogP contribution in [-0.4, -0.2) is 63.5 Å². The van der Waals surface area contributed by atoms with Gasteiger partial charge in [-0.3, -0.25) is 4.79 Å². The molecule has 8 heteroatoms. The highest BCUT2D eigenvalue weighted by Gasteiger charge is 2.17. The summed E-state index contributed by atoms with van der Waals surface area (Å²) in [6.45, 7) is 1.02. The van der Waals surface area contributed by atoms with Crippen molar-refractivity contribution in [3.63, 3.8) is 0 Å². The smallest absolute Gasteiger partial charge is 0.225 e. The van der Waals surface area contributed by atoms with Crippen molar-refractivity contribution in [2.75, 3.05) is 45.3 Å². The molecule has 1 rings (SSSR count). The maximum Gasteiger partial charge on any atom is 0.225 e. The average molecular weight is 331 g/mol. The highest BCUT2D eigenvalue weighted by Crippen LogP contribution is 2.09. The lowest BCUT2D eigenvalue weighted by atomic mass is 10.3. The molecule has 0 heterocycles. The Morgan fingerprint density at radius 3 is 2.23 bits per heavy atom. The van der Waals surface area contributed by atoms with Gasteiger partial charge in [-0.2, -0.15) is 0 Å². The average Bonchev–Trinajstić information content (AvgIpc) is 2.39. The molecule has 1 aromatic carbocycles. The molecule has 1 N–H and O–H groups in total. The Labute approximate surface area is 131 Å². The van der Waals surface area contributed by atoms with Crippen molar-refractivity contribution < 1.29 is 17.6 Å². The molecule has 0 radical (unpaired) electrons. The summed E-state index contributed by atoms with van der Waals surface area (Å²) in [5, 5.41) is 2.60. The van der Waals surface area contributed by atoms with Crippen molar-refractivity contribution in [2.24, 2.45) is 0 Å². The second kappa shape index (κ2) is 8.21. The summed E-state index contributed by atoms with van der Waals surface area (Å²) in [6, 6.07) is 5.40. The van der Waals surface area contributed by atoms with Crippen molar-refractivity contribution >= 4 is 21.6 Å². The SMILES string of the molecule is CN(C)CCN(CCC(=O)Nc1ccc(F)cc1)S(C)(=O)=O. The Bertz CT molecular complexity index is 588. The molecule has 0 unspecified atom stereocenters. The predicted octanol–water partition coefficient (Wildman–Crippen LogP) is 0.977. The molecule has 0 spiro atoms. The third kappa shape index (κ3) is 6.97. The first kappa shape index (κ1) is 18.5. The van der Waals surface area contributed by atoms with E-state index in [9.17, 15) is 17.6 Å². The Morgan fingerprint density at radius 2 is 1.73 bits per heavy atom. The number of hydrogen-bond acceptors (Lipinski definition) is 4. The number of amides is 1. The van der Waals surface area contributed by atoms with E-state index in [1.165, 1.54) is 28.6 Å². The van der Waals surface area contributed by atoms with Gasteiger partial charge in [0.05, 0.1) is 6.26 Å². The Hall–Kier alpha value is -1.51. The highest BCUT2D eigenvalue weighted by atomic mass is 32.2. The summed E-state index contributed by atoms with van der Waals surface area (Å²) in [5.74, 6) is -0.699. The summed E-state index contributed by atoms with van der Waals surface area (Å²) >= 11 is 0. The van der Waals surface area contributed by atoms with E-state index in [-0.39, 0.29) is 24.7 Å². The van der Waals surface area contributed by atoms with E-state index in [1.54, 1.807) is 0 Å². The van der Waals surface area contributed by atoms with Crippen LogP contribution >= 0.6 is 0 Å². The predicted molar refractivity (Wildman–Crippen MR) is 84.6 cm³/mol. The molecule has 124 valence electrons. The Morgan fingerprint density at radius 1 is 1.14 bits per heavy atom. The third-order valence-corrected chi connectivity index (χ3v) is 4.29. The van der Waals surface area contributed by atoms with Crippen LogP contribution in [-0.2, 0) is 14.8 Å². The fourth-order valence-electron chi connectivity index (χ4n) is 1.74. The second-order valence-electron chi connectivity index (χ2n) is 5.27. The number of carbonyl (C=O) groups is 1. The number of halogens is 1. The van der Waals surface area contributed by atoms with Crippen LogP contribution in [0.2, 0.25) is 0 Å². The van der Waals surface area contributed by atoms with Crippen molar-refractivity contribution in [2.45, 2.75) is 6.42 Å². The summed E-state index contributed by atoms with van der Waals surface area (Å²) < 4.78 is 37.4. The lowest BCUT2D eigenvalue weighted by molar-refractivity contribution is -0.116. The number of nitrogens with one attached hydrogen (secondary N) is 1. The minimum Gasteiger partial charge on any atom is -0.326 e. The van der Waals surface area contributed by atoms with Gasteiger partial charge in [-0.05, 0) is 38.4 Å². The van der Waals surface area contributed by atoms with Crippen LogP contribution < -0.4 is 5.32 Å². The van der Waals surface area contributed by atoms with E-state index in [0.717, 1.165) is 6.26 Å². The maximum absolute atomic E-state index is 12.8. The summed E-state index contributed by atoms with van der Waals surface area (Å²) in [4.78, 5) is 13.7. The van der Waals surface area contributed by atoms with E-state index in [2.05, 4.69) is 5.32 Å². The summed E-state index contributed by atoms with van der Waals surface area (Å²) in [7, 11) is 0.340. The van der Waals surface area contributed by atoms with Gasteiger partial charge in [-0.25, -0.2) is 17.1 Å². The minimum atomic E-state index is -3.36. The van der Waals surface area contributed by atoms with Gasteiger partial charge in [0.2, 0.25) is 15.9 Å². The molecule has 0 fully saturated rings. The zero-order chi connectivity index (χ0) is 16.8. The number of likely N-dealkylation sites (N-methyl/N-ethyl adjacent to an activating group) is 1. The molecule has 22 heavy (non-hydrogen) atoms. The molecule has 6 nitrogen and oxygen atoms in total. The number of rotatable bonds is 8. The lowest BCUT2D eigenvalue weighted by Crippen LogP contribution is -2.37. The standard InChI is InChI=1S/C14H22FN3O3S/c1-17(2)10-11-18(22(3,20)21)9-8-14(19)16-13-6-4-12(15)5-7-13/h4-7H,8-11H2,1-3H3,(H,16,19). The van der Waals surface area contributed by atoms with Gasteiger partial charge in [-0.15, -0.1) is 0 Å². The maximum atomic E-state index is 12.8. The van der Waals surface area contributed by atoms with E-state index >= 15 is 0 Å². The highest BCUT2D eigenvalue weighted by molar-refractivity contribution is 7.88. The fraction of sp³-hybridized carbons (Fsp3) is 0.500. The van der Waals surface area contributed by atoms with Crippen LogP contribution in [0.3, 0.4) is 0 Å². The van der Waals surface area contributed by atoms with Crippen molar-refractivity contribution in [3.8, 4) is 0 Å². The zero-order valence-corrected chi connectivity index (χ0v) is 13.9. The van der Waals surface area contributed by atoms with Crippen LogP contribution in [0.15, 0.2) is 24.3 Å². The molecule has 0 bridgehead atoms. The number of carbonyl (C=O) groups excluding carboxylic acids is 1. The van der Waals surface area contributed by atoms with Crippen LogP contribution in [0, 0.1) is 5.82 Å². The molecule has 1 amide bonds. The number of benzene rings is 1. The molecule has 0 saturated carbocycles. The molecule has 0 aliphatic carbocycles. The monoisotopic (exact) mass is 331 g/mol. The minimum absolute atomic E-state index is 0.0396. The molecule has 0 aliphatic rings. The molecule has 0 aromatic heterocycles. The molecule has 0 saturated heterocycles. The first-order valence-electron chi connectivity index (χ1n) is 6.84. The van der Waals surface area contributed by atoms with E-state index < -0.39 is 10.0 Å². The fourth-order valence-corrected chi connectivity index (χ4v) is 2.57. The molecular weight excluding hydrogens is 309 g/mol. The Kier molecular flexibility index (Phi) is 6.92. The van der Waals surface area contributed by atoms with Crippen LogP contribution in [0.5, 0.6) is 0 Å². The van der Waals surface area contributed by atoms with Gasteiger partial charge in [0.25, 0.3) is 0 Å². The largest absolute Gasteiger partial charge is 0.326 e. The number of nitrogens with zero attached hydrogens (tertiary/aromatic N) is 2. The van der Waals surface area contributed by atoms with Gasteiger partial charge in [0.15, 0.2) is 0 Å². The van der Waals surface area contributed by atoms with Crippen molar-refractivity contribution in [1.29, 1.82) is 0 Å². The van der Waals surface area contributed by atoms with E-state index in [1.807, 2.05) is 19.0 Å². The van der Waals surface area contributed by atoms with Gasteiger partial charge < -0.3 is 10.2 Å². The molecule has 0 aliphatic heterocycles. The topological polar surface area (TPSA) is 69.7 Å². The van der Waals surface area contributed by atoms with Gasteiger partial charge in [0, 0.05) is 31.7 Å². The second-order valence-corrected chi connectivity index (χ2v) is 7.25. The molecular formula is C14H22FN3O3S. The molecule has 0 atom stereocenters. The zero-order valence-electron chi connectivity index (χ0n) is 13.0. The van der Waals surface area contributed by atoms with E-state index in [4.69, 9.17) is 0 Å². The number of anilines is 1. The van der Waals surface area contributed by atoms with Crippen molar-refractivity contribution in [3.05, 3.63) is 30.1 Å². The first-order chi connectivity index (χ1) is 10.2. The molecule has 1 aromatic rings. The van der Waals surface area contributed by atoms with Crippen LogP contribution in [0.1, 0.15) is 6.42 Å². The van der Waals surface area contributed by atoms with Crippen molar-refractivity contribution in [1.82, 2.24) is 9.21 Å². The van der Waals surface area contributed by atoms with Gasteiger partial charge >= 0.3 is 0 Å². The quantitative estimate of drug-likeness (QED) is 0.771. The Balaban J connectivity index is 2.53. The van der Waals surface area contributed by atoms with Gasteiger partial charge in [-0.1, -0.05) is 0 Å². The number of hydrogen-bond donors (Lipinski definition) is 1. The summed E-state index contributed by atoms with van der Waals surface area (Å²) in [6.07, 6.45) is 1.17. The number of sulfonamides is 1. The van der Waals surface area contributed by atoms with Crippen LogP contribution in [0.4, 0.5) is 10.1 Å². The van der Waals surface area contributed by atoms with E-state index in [0.29, 0.717) is 18.8 Å². The first-order valence-corrected chi connectivity index (χ1v) is 8.68. The summed E-state index contributed by atoms with van der Waals surface area (Å²) in [5.41, 5.74) is 0.477. The third-order valence-electron chi connectivity index (χ3n) is 2.98. The lowest BCUT2D eigenvalue weighted by Gasteiger charge is -2.21. The van der Waals surface area contributed by atoms with Gasteiger partial charge in [0.1, 0.15) is 5.82 Å². The van der Waals surface area contributed by atoms with Crippen LogP contribution in [0.25, 0.3) is 0 Å². The normalized spacial score (nSPS) is 11.9.